The van der Waals surface area contributed by atoms with E-state index in [-0.39, 0.29) is 18.7 Å². The number of hydrogen-bond donors (Lipinski definition) is 2. The van der Waals surface area contributed by atoms with Crippen molar-refractivity contribution in [2.45, 2.75) is 26.7 Å². The fourth-order valence-corrected chi connectivity index (χ4v) is 2.55. The molecule has 0 saturated carbocycles. The van der Waals surface area contributed by atoms with Gasteiger partial charge in [0.1, 0.15) is 17.3 Å². The summed E-state index contributed by atoms with van der Waals surface area (Å²) in [5.41, 5.74) is 5.86. The number of nitrogens with one attached hydrogen (secondary N) is 2. The number of carbonyl (C=O) groups excluding carboxylic acids is 2. The average Bonchev–Trinajstić information content (AvgIpc) is 3.30. The molecule has 0 aliphatic rings. The zero-order valence-corrected chi connectivity index (χ0v) is 15.7. The number of amides is 2. The molecule has 3 aromatic rings. The van der Waals surface area contributed by atoms with Gasteiger partial charge in [-0.1, -0.05) is 5.16 Å². The molecule has 9 heteroatoms. The first-order chi connectivity index (χ1) is 13.5. The van der Waals surface area contributed by atoms with Crippen molar-refractivity contribution in [1.82, 2.24) is 21.0 Å². The van der Waals surface area contributed by atoms with Gasteiger partial charge in [0, 0.05) is 18.4 Å². The summed E-state index contributed by atoms with van der Waals surface area (Å²) in [4.78, 5) is 28.2. The summed E-state index contributed by atoms with van der Waals surface area (Å²) in [6.45, 7) is 3.42. The average molecular weight is 384 g/mol. The molecule has 2 N–H and O–H groups in total. The van der Waals surface area contributed by atoms with Crippen LogP contribution in [0.1, 0.15) is 34.2 Å². The van der Waals surface area contributed by atoms with E-state index < -0.39 is 5.91 Å². The van der Waals surface area contributed by atoms with Crippen LogP contribution < -0.4 is 15.6 Å². The molecule has 28 heavy (non-hydrogen) atoms. The molecule has 2 aromatic heterocycles. The van der Waals surface area contributed by atoms with Crippen LogP contribution in [0.2, 0.25) is 0 Å². The van der Waals surface area contributed by atoms with Gasteiger partial charge in [-0.25, -0.2) is 0 Å². The highest BCUT2D eigenvalue weighted by atomic mass is 16.5. The molecular weight excluding hydrogens is 364 g/mol. The highest BCUT2D eigenvalue weighted by Crippen LogP contribution is 2.20. The number of nitrogens with zero attached hydrogens (tertiary/aromatic N) is 2. The maximum atomic E-state index is 12.0. The molecule has 146 valence electrons. The predicted octanol–water partition coefficient (Wildman–Crippen LogP) is 2.35. The van der Waals surface area contributed by atoms with Crippen molar-refractivity contribution in [3.05, 3.63) is 53.3 Å². The van der Waals surface area contributed by atoms with Crippen molar-refractivity contribution in [3.63, 3.8) is 0 Å². The summed E-state index contributed by atoms with van der Waals surface area (Å²) in [6.07, 6.45) is 0.322. The van der Waals surface area contributed by atoms with Crippen molar-refractivity contribution in [2.24, 2.45) is 0 Å². The Morgan fingerprint density at radius 2 is 1.89 bits per heavy atom. The van der Waals surface area contributed by atoms with Crippen LogP contribution >= 0.6 is 0 Å². The van der Waals surface area contributed by atoms with Crippen LogP contribution in [-0.4, -0.2) is 29.1 Å². The lowest BCUT2D eigenvalue weighted by Gasteiger charge is -2.05. The predicted molar refractivity (Wildman–Crippen MR) is 98.4 cm³/mol. The molecule has 0 atom stereocenters. The smallest absolute Gasteiger partial charge is 0.273 e. The third-order valence-corrected chi connectivity index (χ3v) is 3.98. The first-order valence-corrected chi connectivity index (χ1v) is 8.59. The molecule has 0 bridgehead atoms. The summed E-state index contributed by atoms with van der Waals surface area (Å²) >= 11 is 0. The lowest BCUT2D eigenvalue weighted by atomic mass is 10.2. The molecule has 1 aromatic carbocycles. The maximum Gasteiger partial charge on any atom is 0.273 e. The first kappa shape index (κ1) is 19.2. The second-order valence-electron chi connectivity index (χ2n) is 6.07. The van der Waals surface area contributed by atoms with Gasteiger partial charge in [0.2, 0.25) is 17.6 Å². The van der Waals surface area contributed by atoms with E-state index in [1.54, 1.807) is 39.2 Å². The molecule has 0 aliphatic carbocycles. The standard InChI is InChI=1S/C19H20N4O5/c1-11-10-15(12(2)27-11)19(25)22-21-16(24)8-9-17-20-18(23-28-17)13-4-6-14(26-3)7-5-13/h4-7,10H,8-9H2,1-3H3,(H,21,24)(H,22,25). The Hall–Kier alpha value is -3.62. The minimum Gasteiger partial charge on any atom is -0.497 e. The second kappa shape index (κ2) is 8.38. The van der Waals surface area contributed by atoms with Gasteiger partial charge in [0.25, 0.3) is 5.91 Å². The fraction of sp³-hybridized carbons (Fsp3) is 0.263. The lowest BCUT2D eigenvalue weighted by Crippen LogP contribution is -2.41. The van der Waals surface area contributed by atoms with Crippen LogP contribution in [0.15, 0.2) is 39.3 Å². The molecule has 3 rings (SSSR count). The molecule has 9 nitrogen and oxygen atoms in total. The summed E-state index contributed by atoms with van der Waals surface area (Å²) in [7, 11) is 1.59. The van der Waals surface area contributed by atoms with Gasteiger partial charge in [-0.2, -0.15) is 4.98 Å². The van der Waals surface area contributed by atoms with Crippen LogP contribution in [0.5, 0.6) is 5.75 Å². The van der Waals surface area contributed by atoms with E-state index in [1.807, 2.05) is 12.1 Å². The van der Waals surface area contributed by atoms with Gasteiger partial charge in [0.15, 0.2) is 0 Å². The Morgan fingerprint density at radius 1 is 1.14 bits per heavy atom. The van der Waals surface area contributed by atoms with E-state index in [0.29, 0.717) is 28.8 Å². The Kier molecular flexibility index (Phi) is 5.73. The molecule has 2 heterocycles. The van der Waals surface area contributed by atoms with E-state index >= 15 is 0 Å². The Labute approximate surface area is 161 Å². The van der Waals surface area contributed by atoms with E-state index in [4.69, 9.17) is 13.7 Å². The van der Waals surface area contributed by atoms with E-state index in [9.17, 15) is 9.59 Å². The van der Waals surface area contributed by atoms with Gasteiger partial charge in [-0.3, -0.25) is 20.4 Å². The lowest BCUT2D eigenvalue weighted by molar-refractivity contribution is -0.121. The van der Waals surface area contributed by atoms with Gasteiger partial charge in [-0.05, 0) is 44.2 Å². The molecule has 0 unspecified atom stereocenters. The quantitative estimate of drug-likeness (QED) is 0.626. The summed E-state index contributed by atoms with van der Waals surface area (Å²) in [5.74, 6) is 1.77. The van der Waals surface area contributed by atoms with Gasteiger partial charge >= 0.3 is 0 Å². The van der Waals surface area contributed by atoms with Crippen molar-refractivity contribution in [3.8, 4) is 17.1 Å². The van der Waals surface area contributed by atoms with Crippen LogP contribution in [0.4, 0.5) is 0 Å². The SMILES string of the molecule is COc1ccc(-c2noc(CCC(=O)NNC(=O)c3cc(C)oc3C)n2)cc1. The van der Waals surface area contributed by atoms with Crippen LogP contribution in [0, 0.1) is 13.8 Å². The van der Waals surface area contributed by atoms with E-state index in [1.165, 1.54) is 0 Å². The zero-order valence-electron chi connectivity index (χ0n) is 15.7. The fourth-order valence-electron chi connectivity index (χ4n) is 2.55. The molecular formula is C19H20N4O5. The normalized spacial score (nSPS) is 10.5. The van der Waals surface area contributed by atoms with Crippen molar-refractivity contribution in [1.29, 1.82) is 0 Å². The molecule has 0 aliphatic heterocycles. The summed E-state index contributed by atoms with van der Waals surface area (Å²) < 4.78 is 15.6. The van der Waals surface area contributed by atoms with Gasteiger partial charge in [-0.15, -0.1) is 0 Å². The van der Waals surface area contributed by atoms with Gasteiger partial charge in [0.05, 0.1) is 12.7 Å². The summed E-state index contributed by atoms with van der Waals surface area (Å²) in [6, 6.07) is 8.83. The minimum atomic E-state index is -0.442. The Balaban J connectivity index is 1.49. The van der Waals surface area contributed by atoms with Gasteiger partial charge < -0.3 is 13.7 Å². The third kappa shape index (κ3) is 4.56. The van der Waals surface area contributed by atoms with E-state index in [2.05, 4.69) is 21.0 Å². The largest absolute Gasteiger partial charge is 0.497 e. The van der Waals surface area contributed by atoms with Crippen LogP contribution in [0.25, 0.3) is 11.4 Å². The molecule has 0 fully saturated rings. The summed E-state index contributed by atoms with van der Waals surface area (Å²) in [5, 5.41) is 3.91. The van der Waals surface area contributed by atoms with Crippen LogP contribution in [-0.2, 0) is 11.2 Å². The molecule has 0 radical (unpaired) electrons. The maximum absolute atomic E-state index is 12.0. The highest BCUT2D eigenvalue weighted by molar-refractivity contribution is 5.96. The second-order valence-corrected chi connectivity index (χ2v) is 6.07. The number of rotatable bonds is 6. The number of furan rings is 1. The monoisotopic (exact) mass is 384 g/mol. The number of hydrazine groups is 1. The molecule has 0 spiro atoms. The minimum absolute atomic E-state index is 0.0773. The zero-order chi connectivity index (χ0) is 20.1. The topological polar surface area (TPSA) is 119 Å². The number of ether oxygens (including phenoxy) is 1. The van der Waals surface area contributed by atoms with Crippen LogP contribution in [0.3, 0.4) is 0 Å². The van der Waals surface area contributed by atoms with Crippen molar-refractivity contribution >= 4 is 11.8 Å². The first-order valence-electron chi connectivity index (χ1n) is 8.59. The number of hydrogen-bond acceptors (Lipinski definition) is 7. The Bertz CT molecular complexity index is 975. The number of aromatic nitrogens is 2. The van der Waals surface area contributed by atoms with E-state index in [0.717, 1.165) is 11.3 Å². The number of aryl methyl sites for hydroxylation is 3. The Morgan fingerprint density at radius 3 is 2.54 bits per heavy atom. The molecule has 0 saturated heterocycles. The highest BCUT2D eigenvalue weighted by Gasteiger charge is 2.15. The number of carbonyl (C=O) groups is 2. The molecule has 2 amide bonds. The third-order valence-electron chi connectivity index (χ3n) is 3.98. The number of methoxy groups -OCH3 is 1. The number of benzene rings is 1. The van der Waals surface area contributed by atoms with Crippen molar-refractivity contribution in [2.75, 3.05) is 7.11 Å². The van der Waals surface area contributed by atoms with Crippen molar-refractivity contribution < 1.29 is 23.3 Å².